The Hall–Kier alpha value is -1.89. The Balaban J connectivity index is 2.79. The van der Waals surface area contributed by atoms with E-state index in [0.717, 1.165) is 5.56 Å². The molecule has 4 heteroatoms. The molecule has 0 spiro atoms. The maximum absolute atomic E-state index is 10.9. The van der Waals surface area contributed by atoms with E-state index in [1.54, 1.807) is 12.1 Å². The van der Waals surface area contributed by atoms with Crippen LogP contribution in [-0.4, -0.2) is 18.1 Å². The van der Waals surface area contributed by atoms with E-state index < -0.39 is 0 Å². The van der Waals surface area contributed by atoms with E-state index in [2.05, 4.69) is 9.72 Å². The molecule has 0 fully saturated rings. The van der Waals surface area contributed by atoms with E-state index >= 15 is 0 Å². The first-order valence-corrected chi connectivity index (χ1v) is 3.68. The van der Waals surface area contributed by atoms with Crippen LogP contribution in [0, 0.1) is 11.3 Å². The van der Waals surface area contributed by atoms with Crippen molar-refractivity contribution in [1.29, 1.82) is 5.26 Å². The Morgan fingerprint density at radius 3 is 3.15 bits per heavy atom. The topological polar surface area (TPSA) is 63.0 Å². The molecule has 13 heavy (non-hydrogen) atoms. The number of hydrogen-bond donors (Lipinski definition) is 0. The zero-order valence-electron chi connectivity index (χ0n) is 7.15. The van der Waals surface area contributed by atoms with Crippen LogP contribution in [0.15, 0.2) is 18.3 Å². The number of aromatic nitrogens is 1. The molecular formula is C9H8N2O2. The summed E-state index contributed by atoms with van der Waals surface area (Å²) in [7, 11) is 1.33. The fourth-order valence-electron chi connectivity index (χ4n) is 0.884. The highest BCUT2D eigenvalue weighted by atomic mass is 16.5. The van der Waals surface area contributed by atoms with Crippen LogP contribution in [0.5, 0.6) is 0 Å². The summed E-state index contributed by atoms with van der Waals surface area (Å²) < 4.78 is 4.49. The van der Waals surface area contributed by atoms with Crippen LogP contribution >= 0.6 is 0 Å². The number of ether oxygens (including phenoxy) is 1. The molecule has 66 valence electrons. The SMILES string of the molecule is COC(=O)Cc1ccnc(C#N)c1. The summed E-state index contributed by atoms with van der Waals surface area (Å²) in [6.45, 7) is 0. The molecule has 0 saturated carbocycles. The maximum atomic E-state index is 10.9. The molecule has 1 heterocycles. The molecule has 0 saturated heterocycles. The van der Waals surface area contributed by atoms with Crippen molar-refractivity contribution in [2.24, 2.45) is 0 Å². The summed E-state index contributed by atoms with van der Waals surface area (Å²) in [5.41, 5.74) is 1.04. The molecule has 1 aromatic heterocycles. The lowest BCUT2D eigenvalue weighted by Crippen LogP contribution is -2.04. The van der Waals surface area contributed by atoms with Crippen molar-refractivity contribution in [2.75, 3.05) is 7.11 Å². The van der Waals surface area contributed by atoms with Gasteiger partial charge in [-0.05, 0) is 17.7 Å². The predicted molar refractivity (Wildman–Crippen MR) is 44.7 cm³/mol. The normalized spacial score (nSPS) is 8.92. The van der Waals surface area contributed by atoms with Gasteiger partial charge in [0, 0.05) is 6.20 Å². The first-order valence-electron chi connectivity index (χ1n) is 3.68. The molecule has 0 unspecified atom stereocenters. The number of rotatable bonds is 2. The van der Waals surface area contributed by atoms with E-state index in [1.165, 1.54) is 13.3 Å². The van der Waals surface area contributed by atoms with Crippen LogP contribution in [0.2, 0.25) is 0 Å². The van der Waals surface area contributed by atoms with Gasteiger partial charge in [-0.1, -0.05) is 0 Å². The molecule has 0 aliphatic carbocycles. The highest BCUT2D eigenvalue weighted by Gasteiger charge is 2.03. The summed E-state index contributed by atoms with van der Waals surface area (Å²) in [4.78, 5) is 14.6. The zero-order chi connectivity index (χ0) is 9.68. The van der Waals surface area contributed by atoms with Gasteiger partial charge in [-0.25, -0.2) is 4.98 Å². The van der Waals surface area contributed by atoms with E-state index in [0.29, 0.717) is 5.69 Å². The molecule has 0 aromatic carbocycles. The van der Waals surface area contributed by atoms with Crippen LogP contribution in [0.4, 0.5) is 0 Å². The van der Waals surface area contributed by atoms with E-state index in [4.69, 9.17) is 5.26 Å². The lowest BCUT2D eigenvalue weighted by atomic mass is 10.2. The molecule has 4 nitrogen and oxygen atoms in total. The van der Waals surface area contributed by atoms with E-state index in [-0.39, 0.29) is 12.4 Å². The third-order valence-electron chi connectivity index (χ3n) is 1.52. The monoisotopic (exact) mass is 176 g/mol. The summed E-state index contributed by atoms with van der Waals surface area (Å²) in [6, 6.07) is 5.14. The average molecular weight is 176 g/mol. The first-order chi connectivity index (χ1) is 6.26. The fraction of sp³-hybridized carbons (Fsp3) is 0.222. The summed E-state index contributed by atoms with van der Waals surface area (Å²) >= 11 is 0. The Morgan fingerprint density at radius 1 is 1.77 bits per heavy atom. The second-order valence-electron chi connectivity index (χ2n) is 2.41. The van der Waals surface area contributed by atoms with E-state index in [9.17, 15) is 4.79 Å². The highest BCUT2D eigenvalue weighted by molar-refractivity contribution is 5.72. The Labute approximate surface area is 75.8 Å². The lowest BCUT2D eigenvalue weighted by Gasteiger charge is -1.98. The Kier molecular flexibility index (Phi) is 2.98. The largest absolute Gasteiger partial charge is 0.469 e. The number of esters is 1. The van der Waals surface area contributed by atoms with Gasteiger partial charge in [0.25, 0.3) is 0 Å². The van der Waals surface area contributed by atoms with Gasteiger partial charge in [0.1, 0.15) is 11.8 Å². The van der Waals surface area contributed by atoms with Gasteiger partial charge in [-0.3, -0.25) is 4.79 Å². The van der Waals surface area contributed by atoms with Crippen LogP contribution in [0.3, 0.4) is 0 Å². The first kappa shape index (κ1) is 9.20. The van der Waals surface area contributed by atoms with Crippen LogP contribution in [0.25, 0.3) is 0 Å². The van der Waals surface area contributed by atoms with Crippen molar-refractivity contribution in [2.45, 2.75) is 6.42 Å². The van der Waals surface area contributed by atoms with Crippen molar-refractivity contribution in [1.82, 2.24) is 4.98 Å². The standard InChI is InChI=1S/C9H8N2O2/c1-13-9(12)5-7-2-3-11-8(4-7)6-10/h2-4H,5H2,1H3. The molecule has 0 amide bonds. The lowest BCUT2D eigenvalue weighted by molar-refractivity contribution is -0.139. The van der Waals surface area contributed by atoms with Crippen LogP contribution in [0.1, 0.15) is 11.3 Å². The number of nitrogens with zero attached hydrogens (tertiary/aromatic N) is 2. The smallest absolute Gasteiger partial charge is 0.309 e. The second kappa shape index (κ2) is 4.21. The van der Waals surface area contributed by atoms with Crippen LogP contribution in [-0.2, 0) is 16.0 Å². The molecule has 0 aliphatic heterocycles. The number of methoxy groups -OCH3 is 1. The second-order valence-corrected chi connectivity index (χ2v) is 2.41. The molecule has 0 atom stereocenters. The fourth-order valence-corrected chi connectivity index (χ4v) is 0.884. The van der Waals surface area contributed by atoms with Crippen molar-refractivity contribution < 1.29 is 9.53 Å². The molecule has 1 rings (SSSR count). The number of hydrogen-bond acceptors (Lipinski definition) is 4. The van der Waals surface area contributed by atoms with Gasteiger partial charge >= 0.3 is 5.97 Å². The quantitative estimate of drug-likeness (QED) is 0.621. The third kappa shape index (κ3) is 2.56. The molecule has 0 radical (unpaired) electrons. The number of pyridine rings is 1. The molecular weight excluding hydrogens is 168 g/mol. The highest BCUT2D eigenvalue weighted by Crippen LogP contribution is 2.02. The van der Waals surface area contributed by atoms with Gasteiger partial charge in [-0.15, -0.1) is 0 Å². The molecule has 0 N–H and O–H groups in total. The van der Waals surface area contributed by atoms with Gasteiger partial charge in [-0.2, -0.15) is 5.26 Å². The van der Waals surface area contributed by atoms with Gasteiger partial charge < -0.3 is 4.74 Å². The number of carbonyl (C=O) groups excluding carboxylic acids is 1. The van der Waals surface area contributed by atoms with Crippen molar-refractivity contribution in [3.63, 3.8) is 0 Å². The molecule has 0 bridgehead atoms. The van der Waals surface area contributed by atoms with Crippen molar-refractivity contribution in [3.05, 3.63) is 29.6 Å². The minimum Gasteiger partial charge on any atom is -0.469 e. The van der Waals surface area contributed by atoms with Gasteiger partial charge in [0.05, 0.1) is 13.5 Å². The van der Waals surface area contributed by atoms with Crippen molar-refractivity contribution in [3.8, 4) is 6.07 Å². The minimum absolute atomic E-state index is 0.174. The zero-order valence-corrected chi connectivity index (χ0v) is 7.15. The summed E-state index contributed by atoms with van der Waals surface area (Å²) in [6.07, 6.45) is 1.67. The van der Waals surface area contributed by atoms with Gasteiger partial charge in [0.2, 0.25) is 0 Å². The maximum Gasteiger partial charge on any atom is 0.309 e. The van der Waals surface area contributed by atoms with Crippen LogP contribution < -0.4 is 0 Å². The minimum atomic E-state index is -0.324. The molecule has 0 aliphatic rings. The van der Waals surface area contributed by atoms with Gasteiger partial charge in [0.15, 0.2) is 0 Å². The number of nitriles is 1. The third-order valence-corrected chi connectivity index (χ3v) is 1.52. The summed E-state index contributed by atoms with van der Waals surface area (Å²) in [5.74, 6) is -0.324. The van der Waals surface area contributed by atoms with Crippen molar-refractivity contribution >= 4 is 5.97 Å². The van der Waals surface area contributed by atoms with E-state index in [1.807, 2.05) is 6.07 Å². The summed E-state index contributed by atoms with van der Waals surface area (Å²) in [5, 5.41) is 8.52. The number of carbonyl (C=O) groups is 1. The Morgan fingerprint density at radius 2 is 2.54 bits per heavy atom. The predicted octanol–water partition coefficient (Wildman–Crippen LogP) is 0.669. The average Bonchev–Trinajstić information content (AvgIpc) is 2.18. The molecule has 1 aromatic rings. The Bertz CT molecular complexity index is 355.